The van der Waals surface area contributed by atoms with E-state index in [1.807, 2.05) is 17.0 Å². The molecular weight excluding hydrogens is 372 g/mol. The molecule has 1 N–H and O–H groups in total. The van der Waals surface area contributed by atoms with Crippen molar-refractivity contribution in [3.63, 3.8) is 0 Å². The third-order valence-corrected chi connectivity index (χ3v) is 5.59. The number of benzene rings is 1. The highest BCUT2D eigenvalue weighted by Crippen LogP contribution is 2.38. The van der Waals surface area contributed by atoms with Gasteiger partial charge in [-0.3, -0.25) is 4.79 Å². The fourth-order valence-electron chi connectivity index (χ4n) is 3.90. The fraction of sp³-hybridized carbons (Fsp3) is 0.591. The number of fused-ring (bicyclic) bond motifs is 1. The second-order valence-electron chi connectivity index (χ2n) is 7.77. The van der Waals surface area contributed by atoms with E-state index >= 15 is 0 Å². The van der Waals surface area contributed by atoms with Crippen molar-refractivity contribution >= 4 is 16.9 Å². The second kappa shape index (κ2) is 9.15. The first-order valence-electron chi connectivity index (χ1n) is 10.5. The smallest absolute Gasteiger partial charge is 0.253 e. The Labute approximate surface area is 171 Å². The first-order valence-corrected chi connectivity index (χ1v) is 10.5. The number of nitrogens with zero attached hydrogens (tertiary/aromatic N) is 1. The molecule has 2 fully saturated rings. The van der Waals surface area contributed by atoms with Crippen molar-refractivity contribution in [1.29, 1.82) is 0 Å². The molecule has 1 amide bonds. The van der Waals surface area contributed by atoms with Crippen LogP contribution in [0.2, 0.25) is 0 Å². The Morgan fingerprint density at radius 3 is 2.93 bits per heavy atom. The Morgan fingerprint density at radius 2 is 2.21 bits per heavy atom. The zero-order chi connectivity index (χ0) is 20.2. The number of morpholine rings is 1. The van der Waals surface area contributed by atoms with E-state index in [0.717, 1.165) is 42.3 Å². The Bertz CT molecular complexity index is 826. The van der Waals surface area contributed by atoms with E-state index in [0.29, 0.717) is 32.1 Å². The second-order valence-corrected chi connectivity index (χ2v) is 7.77. The van der Waals surface area contributed by atoms with Gasteiger partial charge in [-0.2, -0.15) is 0 Å². The lowest BCUT2D eigenvalue weighted by atomic mass is 10.0. The van der Waals surface area contributed by atoms with Crippen molar-refractivity contribution in [2.45, 2.75) is 44.4 Å². The summed E-state index contributed by atoms with van der Waals surface area (Å²) in [5.74, 6) is 0.784. The van der Waals surface area contributed by atoms with Crippen LogP contribution in [0.3, 0.4) is 0 Å². The van der Waals surface area contributed by atoms with E-state index in [9.17, 15) is 4.79 Å². The summed E-state index contributed by atoms with van der Waals surface area (Å²) >= 11 is 0. The highest BCUT2D eigenvalue weighted by molar-refractivity contribution is 5.85. The molecule has 2 atom stereocenters. The van der Waals surface area contributed by atoms with Crippen LogP contribution < -0.4 is 10.1 Å². The van der Waals surface area contributed by atoms with Gasteiger partial charge in [0, 0.05) is 44.7 Å². The summed E-state index contributed by atoms with van der Waals surface area (Å²) in [5.41, 5.74) is 1.78. The normalized spacial score (nSPS) is 20.6. The zero-order valence-electron chi connectivity index (χ0n) is 17.2. The molecule has 7 heteroatoms. The van der Waals surface area contributed by atoms with Gasteiger partial charge in [0.1, 0.15) is 6.10 Å². The summed E-state index contributed by atoms with van der Waals surface area (Å²) in [5, 5.41) is 4.24. The van der Waals surface area contributed by atoms with Gasteiger partial charge in [-0.25, -0.2) is 0 Å². The topological polar surface area (TPSA) is 73.2 Å². The highest BCUT2D eigenvalue weighted by Gasteiger charge is 2.40. The summed E-state index contributed by atoms with van der Waals surface area (Å²) < 4.78 is 22.5. The van der Waals surface area contributed by atoms with Crippen LogP contribution >= 0.6 is 0 Å². The van der Waals surface area contributed by atoms with Gasteiger partial charge in [0.15, 0.2) is 11.3 Å². The molecule has 2 heterocycles. The van der Waals surface area contributed by atoms with E-state index in [1.54, 1.807) is 13.4 Å². The van der Waals surface area contributed by atoms with Gasteiger partial charge in [-0.15, -0.1) is 0 Å². The van der Waals surface area contributed by atoms with Crippen LogP contribution in [0.15, 0.2) is 28.9 Å². The van der Waals surface area contributed by atoms with Gasteiger partial charge in [-0.1, -0.05) is 0 Å². The molecule has 0 spiro atoms. The van der Waals surface area contributed by atoms with Gasteiger partial charge in [0.05, 0.1) is 25.5 Å². The Balaban J connectivity index is 1.57. The van der Waals surface area contributed by atoms with Crippen LogP contribution in [-0.2, 0) is 14.3 Å². The molecule has 1 aromatic heterocycles. The third kappa shape index (κ3) is 4.57. The highest BCUT2D eigenvalue weighted by atomic mass is 16.5. The summed E-state index contributed by atoms with van der Waals surface area (Å²) in [6.07, 6.45) is 4.16. The Morgan fingerprint density at radius 1 is 1.34 bits per heavy atom. The van der Waals surface area contributed by atoms with Gasteiger partial charge in [0.2, 0.25) is 0 Å². The number of methoxy groups -OCH3 is 1. The molecular formula is C22H30N2O5. The molecule has 1 aromatic carbocycles. The summed E-state index contributed by atoms with van der Waals surface area (Å²) in [4.78, 5) is 15.2. The predicted molar refractivity (Wildman–Crippen MR) is 109 cm³/mol. The molecule has 2 aromatic rings. The largest absolute Gasteiger partial charge is 0.490 e. The number of amides is 1. The lowest BCUT2D eigenvalue weighted by Gasteiger charge is -2.34. The molecule has 158 valence electrons. The first-order chi connectivity index (χ1) is 14.2. The van der Waals surface area contributed by atoms with Gasteiger partial charge in [-0.05, 0) is 43.5 Å². The Kier molecular flexibility index (Phi) is 6.37. The first kappa shape index (κ1) is 20.2. The van der Waals surface area contributed by atoms with Crippen molar-refractivity contribution in [2.24, 2.45) is 0 Å². The van der Waals surface area contributed by atoms with E-state index in [4.69, 9.17) is 18.6 Å². The van der Waals surface area contributed by atoms with Crippen LogP contribution in [0.4, 0.5) is 0 Å². The molecule has 1 aliphatic heterocycles. The molecule has 0 bridgehead atoms. The molecule has 1 saturated carbocycles. The third-order valence-electron chi connectivity index (χ3n) is 5.59. The van der Waals surface area contributed by atoms with Gasteiger partial charge >= 0.3 is 0 Å². The van der Waals surface area contributed by atoms with Crippen molar-refractivity contribution < 1.29 is 23.4 Å². The van der Waals surface area contributed by atoms with Crippen molar-refractivity contribution in [1.82, 2.24) is 10.2 Å². The van der Waals surface area contributed by atoms with E-state index < -0.39 is 6.10 Å². The molecule has 1 saturated heterocycles. The minimum Gasteiger partial charge on any atom is -0.490 e. The molecule has 29 heavy (non-hydrogen) atoms. The number of rotatable bonds is 9. The monoisotopic (exact) mass is 402 g/mol. The molecule has 0 unspecified atom stereocenters. The maximum atomic E-state index is 13.2. The lowest BCUT2D eigenvalue weighted by molar-refractivity contribution is -0.148. The van der Waals surface area contributed by atoms with Crippen LogP contribution in [0.1, 0.15) is 37.8 Å². The predicted octanol–water partition coefficient (Wildman–Crippen LogP) is 2.89. The number of hydrogen-bond donors (Lipinski definition) is 1. The fourth-order valence-corrected chi connectivity index (χ4v) is 3.90. The minimum absolute atomic E-state index is 0.0684. The van der Waals surface area contributed by atoms with Crippen molar-refractivity contribution in [3.05, 3.63) is 30.0 Å². The molecule has 2 aliphatic rings. The number of hydrogen-bond acceptors (Lipinski definition) is 6. The van der Waals surface area contributed by atoms with E-state index in [1.165, 1.54) is 0 Å². The van der Waals surface area contributed by atoms with E-state index in [2.05, 4.69) is 18.3 Å². The molecule has 7 nitrogen and oxygen atoms in total. The summed E-state index contributed by atoms with van der Waals surface area (Å²) in [6, 6.07) is 6.25. The van der Waals surface area contributed by atoms with Gasteiger partial charge in [0.25, 0.3) is 5.91 Å². The number of carbonyl (C=O) groups excluding carboxylic acids is 1. The zero-order valence-corrected chi connectivity index (χ0v) is 17.2. The van der Waals surface area contributed by atoms with Crippen LogP contribution in [0.5, 0.6) is 5.75 Å². The Hall–Kier alpha value is -2.09. The van der Waals surface area contributed by atoms with Gasteiger partial charge < -0.3 is 28.8 Å². The number of nitrogens with one attached hydrogen (secondary N) is 1. The van der Waals surface area contributed by atoms with Crippen LogP contribution in [0, 0.1) is 0 Å². The van der Waals surface area contributed by atoms with Crippen LogP contribution in [-0.4, -0.2) is 63.0 Å². The average molecular weight is 402 g/mol. The molecule has 4 rings (SSSR count). The van der Waals surface area contributed by atoms with E-state index in [-0.39, 0.29) is 18.0 Å². The SMILES string of the molecule is COCCCOc1cc([C@H](C)N(C(=O)[C@H]2CNCCO2)C2CC2)cc2ccoc12. The standard InChI is InChI=1S/C22H30N2O5/c1-15(24(18-4-5-18)22(25)20-14-23-7-11-28-20)17-12-16-6-10-29-21(16)19(13-17)27-9-3-8-26-2/h6,10,12-13,15,18,20,23H,3-5,7-9,11,14H2,1-2H3/t15-,20+/m0/s1. The molecule has 0 radical (unpaired) electrons. The number of furan rings is 1. The summed E-state index contributed by atoms with van der Waals surface area (Å²) in [6.45, 7) is 5.23. The number of carbonyl (C=O) groups is 1. The maximum absolute atomic E-state index is 13.2. The van der Waals surface area contributed by atoms with Crippen molar-refractivity contribution in [3.8, 4) is 5.75 Å². The minimum atomic E-state index is -0.408. The summed E-state index contributed by atoms with van der Waals surface area (Å²) in [7, 11) is 1.68. The van der Waals surface area contributed by atoms with Crippen LogP contribution in [0.25, 0.3) is 11.0 Å². The average Bonchev–Trinajstić information content (AvgIpc) is 3.46. The lowest BCUT2D eigenvalue weighted by Crippen LogP contribution is -2.50. The molecule has 1 aliphatic carbocycles. The van der Waals surface area contributed by atoms with Crippen molar-refractivity contribution in [2.75, 3.05) is 40.0 Å². The quantitative estimate of drug-likeness (QED) is 0.650. The maximum Gasteiger partial charge on any atom is 0.253 e. The number of ether oxygens (including phenoxy) is 3.